The van der Waals surface area contributed by atoms with E-state index in [9.17, 15) is 14.4 Å². The van der Waals surface area contributed by atoms with Crippen molar-refractivity contribution in [3.63, 3.8) is 0 Å². The number of aliphatic carboxylic acids is 3. The van der Waals surface area contributed by atoms with Crippen LogP contribution in [0.3, 0.4) is 0 Å². The van der Waals surface area contributed by atoms with Crippen LogP contribution < -0.4 is 17.2 Å². The maximum absolute atomic E-state index is 10.1. The molecule has 0 aromatic heterocycles. The minimum absolute atomic E-state index is 0.0231. The van der Waals surface area contributed by atoms with Crippen LogP contribution in [0.5, 0.6) is 0 Å². The van der Waals surface area contributed by atoms with Crippen molar-refractivity contribution >= 4 is 17.9 Å². The highest BCUT2D eigenvalue weighted by molar-refractivity contribution is 5.74. The molecule has 0 aliphatic rings. The van der Waals surface area contributed by atoms with Gasteiger partial charge in [-0.05, 0) is 25.8 Å². The molecule has 0 aliphatic carbocycles. The molecule has 118 valence electrons. The Hall–Kier alpha value is -1.71. The van der Waals surface area contributed by atoms with Gasteiger partial charge in [0.25, 0.3) is 0 Å². The van der Waals surface area contributed by atoms with Crippen LogP contribution in [0.2, 0.25) is 0 Å². The van der Waals surface area contributed by atoms with Gasteiger partial charge in [-0.25, -0.2) is 0 Å². The standard InChI is InChI=1S/C6H14N2O2.C5H9NO4/c7-4-2-1-3-5(8)6(9)10;6-3(5(9)10)1-2-4(7)8/h5H,1-4,7-8H2,(H,9,10);3H,1-2,6H2,(H,7,8)(H,9,10)/t5-;3-/m01/s1. The van der Waals surface area contributed by atoms with E-state index in [1.165, 1.54) is 0 Å². The van der Waals surface area contributed by atoms with Gasteiger partial charge in [-0.2, -0.15) is 0 Å². The molecule has 9 N–H and O–H groups in total. The summed E-state index contributed by atoms with van der Waals surface area (Å²) in [4.78, 5) is 30.0. The van der Waals surface area contributed by atoms with E-state index in [4.69, 9.17) is 32.5 Å². The quantitative estimate of drug-likeness (QED) is 0.283. The molecule has 0 rings (SSSR count). The number of rotatable bonds is 9. The average Bonchev–Trinajstić information content (AvgIpc) is 2.36. The van der Waals surface area contributed by atoms with E-state index in [1.54, 1.807) is 0 Å². The molecule has 0 fully saturated rings. The monoisotopic (exact) mass is 293 g/mol. The maximum Gasteiger partial charge on any atom is 0.320 e. The van der Waals surface area contributed by atoms with E-state index >= 15 is 0 Å². The van der Waals surface area contributed by atoms with Crippen molar-refractivity contribution < 1.29 is 29.7 Å². The Morgan fingerprint density at radius 2 is 1.30 bits per heavy atom. The lowest BCUT2D eigenvalue weighted by molar-refractivity contribution is -0.140. The van der Waals surface area contributed by atoms with E-state index in [1.807, 2.05) is 0 Å². The topological polar surface area (TPSA) is 190 Å². The van der Waals surface area contributed by atoms with Gasteiger partial charge in [0.05, 0.1) is 0 Å². The number of unbranched alkanes of at least 4 members (excludes halogenated alkanes) is 1. The van der Waals surface area contributed by atoms with Gasteiger partial charge < -0.3 is 32.5 Å². The van der Waals surface area contributed by atoms with Crippen LogP contribution in [-0.2, 0) is 14.4 Å². The molecule has 0 aromatic carbocycles. The molecule has 0 aliphatic heterocycles. The molecule has 0 aromatic rings. The lowest BCUT2D eigenvalue weighted by atomic mass is 10.1. The van der Waals surface area contributed by atoms with Gasteiger partial charge in [0.1, 0.15) is 12.1 Å². The second-order valence-corrected chi connectivity index (χ2v) is 4.11. The fourth-order valence-corrected chi connectivity index (χ4v) is 1.03. The first-order valence-electron chi connectivity index (χ1n) is 6.11. The van der Waals surface area contributed by atoms with Crippen LogP contribution in [0.25, 0.3) is 0 Å². The first kappa shape index (κ1) is 20.6. The van der Waals surface area contributed by atoms with E-state index in [0.717, 1.165) is 12.8 Å². The summed E-state index contributed by atoms with van der Waals surface area (Å²) in [6, 6.07) is -1.78. The number of carboxylic acids is 3. The molecule has 9 heteroatoms. The lowest BCUT2D eigenvalue weighted by Gasteiger charge is -2.03. The molecular formula is C11H23N3O6. The summed E-state index contributed by atoms with van der Waals surface area (Å²) in [5.41, 5.74) is 15.4. The van der Waals surface area contributed by atoms with Gasteiger partial charge in [0, 0.05) is 6.42 Å². The van der Waals surface area contributed by atoms with E-state index in [-0.39, 0.29) is 12.8 Å². The van der Waals surface area contributed by atoms with Crippen molar-refractivity contribution in [1.29, 1.82) is 0 Å². The molecule has 0 saturated heterocycles. The molecule has 0 spiro atoms. The Morgan fingerprint density at radius 3 is 1.65 bits per heavy atom. The van der Waals surface area contributed by atoms with Crippen molar-refractivity contribution in [2.75, 3.05) is 6.54 Å². The third-order valence-corrected chi connectivity index (χ3v) is 2.27. The molecule has 2 atom stereocenters. The fourth-order valence-electron chi connectivity index (χ4n) is 1.03. The zero-order valence-electron chi connectivity index (χ0n) is 11.2. The number of nitrogens with two attached hydrogens (primary N) is 3. The third-order valence-electron chi connectivity index (χ3n) is 2.27. The van der Waals surface area contributed by atoms with Crippen LogP contribution >= 0.6 is 0 Å². The summed E-state index contributed by atoms with van der Waals surface area (Å²) in [5, 5.41) is 24.6. The molecule has 0 amide bonds. The first-order chi connectivity index (χ1) is 9.22. The van der Waals surface area contributed by atoms with Gasteiger partial charge in [0.15, 0.2) is 0 Å². The van der Waals surface area contributed by atoms with Crippen molar-refractivity contribution in [3.05, 3.63) is 0 Å². The Balaban J connectivity index is 0. The maximum atomic E-state index is 10.1. The Kier molecular flexibility index (Phi) is 12.7. The minimum atomic E-state index is -1.17. The van der Waals surface area contributed by atoms with Crippen LogP contribution in [-0.4, -0.2) is 51.9 Å². The van der Waals surface area contributed by atoms with Crippen molar-refractivity contribution in [2.45, 2.75) is 44.2 Å². The summed E-state index contributed by atoms with van der Waals surface area (Å²) < 4.78 is 0. The second-order valence-electron chi connectivity index (χ2n) is 4.11. The first-order valence-corrected chi connectivity index (χ1v) is 6.11. The highest BCUT2D eigenvalue weighted by Gasteiger charge is 2.12. The van der Waals surface area contributed by atoms with Crippen LogP contribution in [0.15, 0.2) is 0 Å². The molecular weight excluding hydrogens is 270 g/mol. The highest BCUT2D eigenvalue weighted by atomic mass is 16.4. The summed E-state index contributed by atoms with van der Waals surface area (Å²) in [5.74, 6) is -3.13. The highest BCUT2D eigenvalue weighted by Crippen LogP contribution is 1.97. The number of carbonyl (C=O) groups is 3. The zero-order valence-corrected chi connectivity index (χ0v) is 11.2. The van der Waals surface area contributed by atoms with Crippen molar-refractivity contribution in [2.24, 2.45) is 17.2 Å². The molecule has 9 nitrogen and oxygen atoms in total. The SMILES string of the molecule is NCCCC[C@H](N)C(=O)O.N[C@H](CCC(=O)O)C(=O)O. The largest absolute Gasteiger partial charge is 0.481 e. The van der Waals surface area contributed by atoms with Gasteiger partial charge in [-0.1, -0.05) is 6.42 Å². The molecule has 20 heavy (non-hydrogen) atoms. The Morgan fingerprint density at radius 1 is 0.850 bits per heavy atom. The Labute approximate surface area is 116 Å². The molecule has 0 radical (unpaired) electrons. The smallest absolute Gasteiger partial charge is 0.320 e. The summed E-state index contributed by atoms with van der Waals surface area (Å²) in [6.45, 7) is 0.604. The van der Waals surface area contributed by atoms with Gasteiger partial charge >= 0.3 is 17.9 Å². The summed E-state index contributed by atoms with van der Waals surface area (Å²) in [6.07, 6.45) is 1.94. The molecule has 0 unspecified atom stereocenters. The van der Waals surface area contributed by atoms with Gasteiger partial charge in [-0.15, -0.1) is 0 Å². The van der Waals surface area contributed by atoms with Gasteiger partial charge in [0.2, 0.25) is 0 Å². The number of carboxylic acid groups (broad SMARTS) is 3. The van der Waals surface area contributed by atoms with Crippen molar-refractivity contribution in [3.8, 4) is 0 Å². The minimum Gasteiger partial charge on any atom is -0.481 e. The predicted molar refractivity (Wildman–Crippen MR) is 71.0 cm³/mol. The van der Waals surface area contributed by atoms with E-state index < -0.39 is 30.0 Å². The summed E-state index contributed by atoms with van der Waals surface area (Å²) in [7, 11) is 0. The average molecular weight is 293 g/mol. The van der Waals surface area contributed by atoms with Crippen LogP contribution in [0.4, 0.5) is 0 Å². The zero-order chi connectivity index (χ0) is 16.1. The van der Waals surface area contributed by atoms with E-state index in [2.05, 4.69) is 0 Å². The lowest BCUT2D eigenvalue weighted by Crippen LogP contribution is -2.30. The third kappa shape index (κ3) is 14.4. The number of hydrogen-bond acceptors (Lipinski definition) is 6. The van der Waals surface area contributed by atoms with Crippen LogP contribution in [0, 0.1) is 0 Å². The molecule has 0 saturated carbocycles. The Bertz CT molecular complexity index is 311. The molecule has 0 heterocycles. The van der Waals surface area contributed by atoms with E-state index in [0.29, 0.717) is 13.0 Å². The van der Waals surface area contributed by atoms with Crippen LogP contribution in [0.1, 0.15) is 32.1 Å². The van der Waals surface area contributed by atoms with Gasteiger partial charge in [-0.3, -0.25) is 14.4 Å². The predicted octanol–water partition coefficient (Wildman–Crippen LogP) is -1.21. The van der Waals surface area contributed by atoms with Crippen molar-refractivity contribution in [1.82, 2.24) is 0 Å². The molecule has 0 bridgehead atoms. The summed E-state index contributed by atoms with van der Waals surface area (Å²) >= 11 is 0. The number of hydrogen-bond donors (Lipinski definition) is 6. The second kappa shape index (κ2) is 12.3. The normalized spacial score (nSPS) is 12.8. The fraction of sp³-hybridized carbons (Fsp3) is 0.727.